The highest BCUT2D eigenvalue weighted by molar-refractivity contribution is 5.92. The van der Waals surface area contributed by atoms with Gasteiger partial charge in [-0.05, 0) is 24.7 Å². The van der Waals surface area contributed by atoms with Crippen molar-refractivity contribution in [1.82, 2.24) is 10.2 Å². The predicted octanol–water partition coefficient (Wildman–Crippen LogP) is 0.206. The molecule has 104 valence electrons. The van der Waals surface area contributed by atoms with E-state index in [1.165, 1.54) is 0 Å². The first kappa shape index (κ1) is 14.0. The first-order chi connectivity index (χ1) is 9.15. The van der Waals surface area contributed by atoms with Crippen LogP contribution < -0.4 is 11.1 Å². The lowest BCUT2D eigenvalue weighted by atomic mass is 10.1. The van der Waals surface area contributed by atoms with Crippen LogP contribution in [-0.4, -0.2) is 50.2 Å². The van der Waals surface area contributed by atoms with Crippen molar-refractivity contribution in [3.63, 3.8) is 0 Å². The quantitative estimate of drug-likeness (QED) is 0.796. The lowest BCUT2D eigenvalue weighted by Gasteiger charge is -2.30. The summed E-state index contributed by atoms with van der Waals surface area (Å²) in [6, 6.07) is 7.38. The zero-order valence-electron chi connectivity index (χ0n) is 11.3. The molecule has 1 heterocycles. The van der Waals surface area contributed by atoms with E-state index in [1.807, 2.05) is 18.2 Å². The second-order valence-electron chi connectivity index (χ2n) is 4.95. The lowest BCUT2D eigenvalue weighted by molar-refractivity contribution is -0.0182. The molecule has 1 aromatic rings. The Morgan fingerprint density at radius 3 is 3.16 bits per heavy atom. The Hall–Kier alpha value is -1.43. The van der Waals surface area contributed by atoms with Crippen LogP contribution in [0.1, 0.15) is 15.9 Å². The fourth-order valence-corrected chi connectivity index (χ4v) is 2.20. The standard InChI is InChI=1S/C14H21N3O2/c1-17-5-6-19-13(10-17)9-16-8-11-3-2-4-12(7-11)14(15)18/h2-4,7,13,16H,5-6,8-10H2,1H3,(H2,15,18)/t13-/m0/s1. The number of nitrogens with zero attached hydrogens (tertiary/aromatic N) is 1. The van der Waals surface area contributed by atoms with E-state index >= 15 is 0 Å². The Morgan fingerprint density at radius 1 is 1.58 bits per heavy atom. The molecule has 0 aromatic heterocycles. The highest BCUT2D eigenvalue weighted by Crippen LogP contribution is 2.05. The van der Waals surface area contributed by atoms with E-state index < -0.39 is 0 Å². The monoisotopic (exact) mass is 263 g/mol. The molecule has 5 nitrogen and oxygen atoms in total. The molecule has 1 aromatic carbocycles. The molecule has 3 N–H and O–H groups in total. The third-order valence-electron chi connectivity index (χ3n) is 3.25. The van der Waals surface area contributed by atoms with Gasteiger partial charge in [0.15, 0.2) is 0 Å². The number of amides is 1. The largest absolute Gasteiger partial charge is 0.374 e. The minimum atomic E-state index is -0.390. The van der Waals surface area contributed by atoms with Crippen LogP contribution in [0.2, 0.25) is 0 Å². The highest BCUT2D eigenvalue weighted by atomic mass is 16.5. The molecule has 19 heavy (non-hydrogen) atoms. The van der Waals surface area contributed by atoms with Crippen LogP contribution in [-0.2, 0) is 11.3 Å². The van der Waals surface area contributed by atoms with Gasteiger partial charge in [-0.15, -0.1) is 0 Å². The van der Waals surface area contributed by atoms with Crippen molar-refractivity contribution in [3.8, 4) is 0 Å². The molecule has 1 aliphatic rings. The van der Waals surface area contributed by atoms with Gasteiger partial charge in [-0.1, -0.05) is 12.1 Å². The Kier molecular flexibility index (Phi) is 4.90. The summed E-state index contributed by atoms with van der Waals surface area (Å²) < 4.78 is 5.67. The van der Waals surface area contributed by atoms with Gasteiger partial charge in [0.25, 0.3) is 0 Å². The van der Waals surface area contributed by atoms with Crippen LogP contribution in [0.15, 0.2) is 24.3 Å². The van der Waals surface area contributed by atoms with Crippen molar-refractivity contribution in [1.29, 1.82) is 0 Å². The topological polar surface area (TPSA) is 67.6 Å². The van der Waals surface area contributed by atoms with Gasteiger partial charge in [0.2, 0.25) is 5.91 Å². The van der Waals surface area contributed by atoms with Crippen molar-refractivity contribution in [2.45, 2.75) is 12.6 Å². The summed E-state index contributed by atoms with van der Waals surface area (Å²) >= 11 is 0. The molecule has 1 saturated heterocycles. The van der Waals surface area contributed by atoms with Gasteiger partial charge in [0.05, 0.1) is 12.7 Å². The highest BCUT2D eigenvalue weighted by Gasteiger charge is 2.16. The molecule has 0 radical (unpaired) electrons. The van der Waals surface area contributed by atoms with Crippen LogP contribution in [0.5, 0.6) is 0 Å². The molecule has 5 heteroatoms. The Bertz CT molecular complexity index is 436. The Balaban J connectivity index is 1.79. The van der Waals surface area contributed by atoms with E-state index in [0.717, 1.165) is 31.8 Å². The number of rotatable bonds is 5. The normalized spacial score (nSPS) is 20.4. The van der Waals surface area contributed by atoms with Gasteiger partial charge in [0, 0.05) is 31.7 Å². The van der Waals surface area contributed by atoms with Crippen LogP contribution in [0.3, 0.4) is 0 Å². The van der Waals surface area contributed by atoms with Crippen LogP contribution >= 0.6 is 0 Å². The molecule has 2 rings (SSSR count). The molecular formula is C14H21N3O2. The van der Waals surface area contributed by atoms with E-state index in [9.17, 15) is 4.79 Å². The summed E-state index contributed by atoms with van der Waals surface area (Å²) in [7, 11) is 2.10. The third kappa shape index (κ3) is 4.31. The minimum absolute atomic E-state index is 0.234. The number of morpholine rings is 1. The van der Waals surface area contributed by atoms with Crippen LogP contribution in [0, 0.1) is 0 Å². The molecule has 1 atom stereocenters. The average Bonchev–Trinajstić information content (AvgIpc) is 2.39. The zero-order chi connectivity index (χ0) is 13.7. The number of carbonyl (C=O) groups is 1. The smallest absolute Gasteiger partial charge is 0.248 e. The fraction of sp³-hybridized carbons (Fsp3) is 0.500. The van der Waals surface area contributed by atoms with Crippen molar-refractivity contribution in [2.24, 2.45) is 5.73 Å². The van der Waals surface area contributed by atoms with Crippen molar-refractivity contribution in [2.75, 3.05) is 33.3 Å². The van der Waals surface area contributed by atoms with Gasteiger partial charge in [0.1, 0.15) is 0 Å². The number of carbonyl (C=O) groups excluding carboxylic acids is 1. The third-order valence-corrected chi connectivity index (χ3v) is 3.25. The van der Waals surface area contributed by atoms with Gasteiger partial charge in [-0.2, -0.15) is 0 Å². The zero-order valence-corrected chi connectivity index (χ0v) is 11.3. The lowest BCUT2D eigenvalue weighted by Crippen LogP contribution is -2.44. The first-order valence-electron chi connectivity index (χ1n) is 6.55. The van der Waals surface area contributed by atoms with Gasteiger partial charge < -0.3 is 20.7 Å². The SMILES string of the molecule is CN1CCO[C@@H](CNCc2cccc(C(N)=O)c2)C1. The maximum Gasteiger partial charge on any atom is 0.248 e. The molecule has 0 saturated carbocycles. The van der Waals surface area contributed by atoms with Gasteiger partial charge >= 0.3 is 0 Å². The number of nitrogens with one attached hydrogen (secondary N) is 1. The van der Waals surface area contributed by atoms with Crippen LogP contribution in [0.4, 0.5) is 0 Å². The molecular weight excluding hydrogens is 242 g/mol. The van der Waals surface area contributed by atoms with Crippen molar-refractivity contribution in [3.05, 3.63) is 35.4 Å². The summed E-state index contributed by atoms with van der Waals surface area (Å²) in [6.07, 6.45) is 0.234. The molecule has 1 amide bonds. The number of primary amides is 1. The fourth-order valence-electron chi connectivity index (χ4n) is 2.20. The number of nitrogens with two attached hydrogens (primary N) is 1. The van der Waals surface area contributed by atoms with Gasteiger partial charge in [-0.25, -0.2) is 0 Å². The molecule has 1 aliphatic heterocycles. The second-order valence-corrected chi connectivity index (χ2v) is 4.95. The molecule has 0 aliphatic carbocycles. The summed E-state index contributed by atoms with van der Waals surface area (Å²) in [5, 5.41) is 3.35. The van der Waals surface area contributed by atoms with Crippen molar-refractivity contribution >= 4 is 5.91 Å². The Labute approximate surface area is 113 Å². The molecule has 0 unspecified atom stereocenters. The second kappa shape index (κ2) is 6.65. The minimum Gasteiger partial charge on any atom is -0.374 e. The maximum absolute atomic E-state index is 11.1. The number of likely N-dealkylation sites (N-methyl/N-ethyl adjacent to an activating group) is 1. The number of hydrogen-bond donors (Lipinski definition) is 2. The van der Waals surface area contributed by atoms with E-state index in [2.05, 4.69) is 17.3 Å². The summed E-state index contributed by atoms with van der Waals surface area (Å²) in [6.45, 7) is 4.27. The number of ether oxygens (including phenoxy) is 1. The van der Waals surface area contributed by atoms with E-state index in [0.29, 0.717) is 12.1 Å². The first-order valence-corrected chi connectivity index (χ1v) is 6.55. The summed E-state index contributed by atoms with van der Waals surface area (Å²) in [4.78, 5) is 13.4. The molecule has 0 spiro atoms. The van der Waals surface area contributed by atoms with E-state index in [1.54, 1.807) is 6.07 Å². The molecule has 1 fully saturated rings. The average molecular weight is 263 g/mol. The number of benzene rings is 1. The maximum atomic E-state index is 11.1. The van der Waals surface area contributed by atoms with Gasteiger partial charge in [-0.3, -0.25) is 4.79 Å². The summed E-state index contributed by atoms with van der Waals surface area (Å²) in [5.41, 5.74) is 6.86. The summed E-state index contributed by atoms with van der Waals surface area (Å²) in [5.74, 6) is -0.390. The van der Waals surface area contributed by atoms with E-state index in [4.69, 9.17) is 10.5 Å². The van der Waals surface area contributed by atoms with Crippen molar-refractivity contribution < 1.29 is 9.53 Å². The molecule has 0 bridgehead atoms. The predicted molar refractivity (Wildman–Crippen MR) is 73.9 cm³/mol. The number of hydrogen-bond acceptors (Lipinski definition) is 4. The van der Waals surface area contributed by atoms with Crippen LogP contribution in [0.25, 0.3) is 0 Å². The Morgan fingerprint density at radius 2 is 2.42 bits per heavy atom. The van der Waals surface area contributed by atoms with E-state index in [-0.39, 0.29) is 12.0 Å².